The van der Waals surface area contributed by atoms with Crippen molar-refractivity contribution in [1.29, 1.82) is 0 Å². The van der Waals surface area contributed by atoms with E-state index < -0.39 is 17.6 Å². The largest absolute Gasteiger partial charge is 0.497 e. The van der Waals surface area contributed by atoms with Gasteiger partial charge in [-0.1, -0.05) is 17.7 Å². The number of nitrogens with zero attached hydrogens (tertiary/aromatic N) is 3. The Morgan fingerprint density at radius 3 is 2.56 bits per heavy atom. The minimum Gasteiger partial charge on any atom is -0.497 e. The zero-order chi connectivity index (χ0) is 23.3. The molecule has 0 saturated heterocycles. The Bertz CT molecular complexity index is 1130. The van der Waals surface area contributed by atoms with Crippen molar-refractivity contribution in [3.63, 3.8) is 0 Å². The van der Waals surface area contributed by atoms with E-state index >= 15 is 0 Å². The molecule has 1 heterocycles. The number of rotatable bonds is 7. The molecule has 0 bridgehead atoms. The van der Waals surface area contributed by atoms with E-state index in [9.17, 15) is 18.0 Å². The van der Waals surface area contributed by atoms with Crippen molar-refractivity contribution in [2.75, 3.05) is 13.7 Å². The molecule has 3 rings (SSSR count). The molecule has 0 radical (unpaired) electrons. The van der Waals surface area contributed by atoms with Crippen LogP contribution in [-0.2, 0) is 11.0 Å². The maximum absolute atomic E-state index is 13.0. The fraction of sp³-hybridized carbons (Fsp3) is 0.190. The van der Waals surface area contributed by atoms with Crippen LogP contribution in [0.3, 0.4) is 0 Å². The van der Waals surface area contributed by atoms with Crippen molar-refractivity contribution in [3.8, 4) is 17.2 Å². The molecule has 0 fully saturated rings. The molecule has 1 amide bonds. The van der Waals surface area contributed by atoms with Crippen molar-refractivity contribution in [2.24, 2.45) is 5.10 Å². The Balaban J connectivity index is 1.65. The summed E-state index contributed by atoms with van der Waals surface area (Å²) in [4.78, 5) is 11.9. The SMILES string of the molecule is COc1ccc(OCC(=O)N/N=C/c2c(C)nn(-c3cccc(C(F)(F)F)c3)c2Cl)cc1. The molecule has 0 aliphatic rings. The summed E-state index contributed by atoms with van der Waals surface area (Å²) < 4.78 is 50.5. The van der Waals surface area contributed by atoms with Crippen LogP contribution in [0.25, 0.3) is 5.69 Å². The molecule has 0 aliphatic heterocycles. The summed E-state index contributed by atoms with van der Waals surface area (Å²) in [7, 11) is 1.54. The number of halogens is 4. The van der Waals surface area contributed by atoms with Crippen LogP contribution in [0.5, 0.6) is 11.5 Å². The highest BCUT2D eigenvalue weighted by molar-refractivity contribution is 6.32. The molecule has 1 N–H and O–H groups in total. The van der Waals surface area contributed by atoms with Crippen molar-refractivity contribution in [2.45, 2.75) is 13.1 Å². The number of alkyl halides is 3. The summed E-state index contributed by atoms with van der Waals surface area (Å²) in [5, 5.41) is 8.04. The van der Waals surface area contributed by atoms with Crippen LogP contribution in [0.15, 0.2) is 53.6 Å². The summed E-state index contributed by atoms with van der Waals surface area (Å²) in [6, 6.07) is 11.3. The molecule has 2 aromatic carbocycles. The number of aryl methyl sites for hydroxylation is 1. The van der Waals surface area contributed by atoms with Crippen LogP contribution in [0, 0.1) is 6.92 Å². The maximum Gasteiger partial charge on any atom is 0.416 e. The first-order chi connectivity index (χ1) is 15.2. The second kappa shape index (κ2) is 9.73. The predicted octanol–water partition coefficient (Wildman–Crippen LogP) is 4.39. The van der Waals surface area contributed by atoms with Crippen LogP contribution in [0.4, 0.5) is 13.2 Å². The molecule has 11 heteroatoms. The van der Waals surface area contributed by atoms with E-state index in [-0.39, 0.29) is 17.4 Å². The van der Waals surface area contributed by atoms with Crippen molar-refractivity contribution in [3.05, 3.63) is 70.5 Å². The normalized spacial score (nSPS) is 11.6. The lowest BCUT2D eigenvalue weighted by Crippen LogP contribution is -2.24. The Labute approximate surface area is 186 Å². The van der Waals surface area contributed by atoms with Crippen LogP contribution in [0.2, 0.25) is 5.15 Å². The van der Waals surface area contributed by atoms with Gasteiger partial charge < -0.3 is 9.47 Å². The number of benzene rings is 2. The average Bonchev–Trinajstić information content (AvgIpc) is 3.06. The summed E-state index contributed by atoms with van der Waals surface area (Å²) in [5.74, 6) is 0.617. The Morgan fingerprint density at radius 2 is 1.91 bits per heavy atom. The van der Waals surface area contributed by atoms with E-state index in [1.807, 2.05) is 0 Å². The molecule has 32 heavy (non-hydrogen) atoms. The second-order valence-corrected chi connectivity index (χ2v) is 6.87. The molecule has 1 aromatic heterocycles. The van der Waals surface area contributed by atoms with Gasteiger partial charge in [0.15, 0.2) is 6.61 Å². The number of amides is 1. The van der Waals surface area contributed by atoms with Gasteiger partial charge in [-0.3, -0.25) is 4.79 Å². The van der Waals surface area contributed by atoms with E-state index in [0.717, 1.165) is 12.1 Å². The van der Waals surface area contributed by atoms with Crippen LogP contribution >= 0.6 is 11.6 Å². The van der Waals surface area contributed by atoms with Gasteiger partial charge >= 0.3 is 6.18 Å². The smallest absolute Gasteiger partial charge is 0.416 e. The van der Waals surface area contributed by atoms with E-state index in [4.69, 9.17) is 21.1 Å². The number of ether oxygens (including phenoxy) is 2. The van der Waals surface area contributed by atoms with Gasteiger partial charge in [0.25, 0.3) is 5.91 Å². The molecule has 3 aromatic rings. The van der Waals surface area contributed by atoms with E-state index in [1.54, 1.807) is 38.3 Å². The minimum atomic E-state index is -4.49. The van der Waals surface area contributed by atoms with Gasteiger partial charge in [0, 0.05) is 0 Å². The Hall–Kier alpha value is -3.53. The first-order valence-corrected chi connectivity index (χ1v) is 9.58. The van der Waals surface area contributed by atoms with Gasteiger partial charge in [0.1, 0.15) is 16.7 Å². The third-order valence-electron chi connectivity index (χ3n) is 4.28. The van der Waals surface area contributed by atoms with Gasteiger partial charge in [-0.2, -0.15) is 23.4 Å². The summed E-state index contributed by atoms with van der Waals surface area (Å²) in [6.45, 7) is 1.34. The lowest BCUT2D eigenvalue weighted by molar-refractivity contribution is -0.137. The molecule has 168 valence electrons. The lowest BCUT2D eigenvalue weighted by atomic mass is 10.2. The summed E-state index contributed by atoms with van der Waals surface area (Å²) in [6.07, 6.45) is -3.23. The van der Waals surface area contributed by atoms with Crippen molar-refractivity contribution >= 4 is 23.7 Å². The molecule has 0 spiro atoms. The number of carbonyl (C=O) groups excluding carboxylic acids is 1. The number of carbonyl (C=O) groups is 1. The molecular formula is C21H18ClF3N4O3. The van der Waals surface area contributed by atoms with Crippen molar-refractivity contribution in [1.82, 2.24) is 15.2 Å². The first-order valence-electron chi connectivity index (χ1n) is 9.20. The molecule has 0 aliphatic carbocycles. The van der Waals surface area contributed by atoms with Gasteiger partial charge in [0.05, 0.1) is 35.8 Å². The Kier molecular flexibility index (Phi) is 7.04. The van der Waals surface area contributed by atoms with Gasteiger partial charge in [-0.25, -0.2) is 10.1 Å². The molecule has 0 saturated carbocycles. The molecular weight excluding hydrogens is 449 g/mol. The van der Waals surface area contributed by atoms with Gasteiger partial charge in [-0.05, 0) is 49.4 Å². The third-order valence-corrected chi connectivity index (χ3v) is 4.64. The fourth-order valence-corrected chi connectivity index (χ4v) is 2.99. The second-order valence-electron chi connectivity index (χ2n) is 6.51. The molecule has 7 nitrogen and oxygen atoms in total. The average molecular weight is 467 g/mol. The number of nitrogens with one attached hydrogen (secondary N) is 1. The zero-order valence-corrected chi connectivity index (χ0v) is 17.7. The topological polar surface area (TPSA) is 77.7 Å². The Morgan fingerprint density at radius 1 is 1.22 bits per heavy atom. The molecule has 0 unspecified atom stereocenters. The van der Waals surface area contributed by atoms with E-state index in [2.05, 4.69) is 15.6 Å². The zero-order valence-electron chi connectivity index (χ0n) is 17.0. The maximum atomic E-state index is 13.0. The quantitative estimate of drug-likeness (QED) is 0.414. The van der Waals surface area contributed by atoms with Crippen LogP contribution in [-0.4, -0.2) is 35.6 Å². The number of hydrogen-bond acceptors (Lipinski definition) is 5. The minimum absolute atomic E-state index is 0.0503. The third kappa shape index (κ3) is 5.58. The fourth-order valence-electron chi connectivity index (χ4n) is 2.66. The summed E-state index contributed by atoms with van der Waals surface area (Å²) in [5.41, 5.74) is 2.38. The predicted molar refractivity (Wildman–Crippen MR) is 113 cm³/mol. The van der Waals surface area contributed by atoms with E-state index in [0.29, 0.717) is 22.8 Å². The van der Waals surface area contributed by atoms with Crippen molar-refractivity contribution < 1.29 is 27.4 Å². The number of hydrogen-bond donors (Lipinski definition) is 1. The first kappa shape index (κ1) is 23.1. The van der Waals surface area contributed by atoms with Gasteiger partial charge in [-0.15, -0.1) is 0 Å². The monoisotopic (exact) mass is 466 g/mol. The number of methoxy groups -OCH3 is 1. The highest BCUT2D eigenvalue weighted by atomic mass is 35.5. The van der Waals surface area contributed by atoms with Crippen LogP contribution < -0.4 is 14.9 Å². The lowest BCUT2D eigenvalue weighted by Gasteiger charge is -2.09. The highest BCUT2D eigenvalue weighted by Gasteiger charge is 2.30. The number of aromatic nitrogens is 2. The molecule has 0 atom stereocenters. The number of hydrazone groups is 1. The highest BCUT2D eigenvalue weighted by Crippen LogP contribution is 2.31. The van der Waals surface area contributed by atoms with Gasteiger partial charge in [0.2, 0.25) is 0 Å². The van der Waals surface area contributed by atoms with Crippen LogP contribution in [0.1, 0.15) is 16.8 Å². The standard InChI is InChI=1S/C21H18ClF3N4O3/c1-13-18(11-26-27-19(30)12-32-17-8-6-16(31-2)7-9-17)20(22)29(28-13)15-5-3-4-14(10-15)21(23,24)25/h3-11H,12H2,1-2H3,(H,27,30)/b26-11+. The summed E-state index contributed by atoms with van der Waals surface area (Å²) >= 11 is 6.29. The van der Waals surface area contributed by atoms with E-state index in [1.165, 1.54) is 23.0 Å².